The molecule has 0 saturated carbocycles. The number of carbonyl (C=O) groups is 1. The number of hydrogen-bond acceptors (Lipinski definition) is 3. The first-order valence-electron chi connectivity index (χ1n) is 6.16. The predicted octanol–water partition coefficient (Wildman–Crippen LogP) is 4.82. The Morgan fingerprint density at radius 1 is 1.29 bits per heavy atom. The smallest absolute Gasteiger partial charge is 0.228 e. The molecule has 21 heavy (non-hydrogen) atoms. The topological polar surface area (TPSA) is 55.1 Å². The average Bonchev–Trinajstić information content (AvgIpc) is 2.83. The van der Waals surface area contributed by atoms with Crippen molar-refractivity contribution < 1.29 is 9.21 Å². The Labute approximate surface area is 143 Å². The number of oxazole rings is 1. The summed E-state index contributed by atoms with van der Waals surface area (Å²) >= 11 is 5.76. The van der Waals surface area contributed by atoms with Crippen LogP contribution in [0.25, 0.3) is 22.6 Å². The van der Waals surface area contributed by atoms with E-state index in [0.717, 1.165) is 13.6 Å². The van der Waals surface area contributed by atoms with Crippen molar-refractivity contribution in [3.8, 4) is 11.5 Å². The highest BCUT2D eigenvalue weighted by molar-refractivity contribution is 14.1. The molecule has 0 spiro atoms. The van der Waals surface area contributed by atoms with Gasteiger partial charge in [-0.3, -0.25) is 4.79 Å². The van der Waals surface area contributed by atoms with Gasteiger partial charge < -0.3 is 9.73 Å². The van der Waals surface area contributed by atoms with E-state index in [2.05, 4.69) is 48.8 Å². The van der Waals surface area contributed by atoms with E-state index >= 15 is 0 Å². The van der Waals surface area contributed by atoms with Gasteiger partial charge in [0.15, 0.2) is 5.58 Å². The Balaban J connectivity index is 2.08. The molecule has 1 heterocycles. The highest BCUT2D eigenvalue weighted by atomic mass is 127. The lowest BCUT2D eigenvalue weighted by atomic mass is 10.2. The van der Waals surface area contributed by atoms with Crippen LogP contribution >= 0.6 is 38.5 Å². The molecule has 4 nitrogen and oxygen atoms in total. The molecule has 1 N–H and O–H groups in total. The number of rotatable bonds is 2. The molecule has 0 saturated heterocycles. The summed E-state index contributed by atoms with van der Waals surface area (Å²) in [6, 6.07) is 11.4. The van der Waals surface area contributed by atoms with E-state index in [4.69, 9.17) is 4.42 Å². The maximum atomic E-state index is 11.1. The summed E-state index contributed by atoms with van der Waals surface area (Å²) < 4.78 is 7.82. The van der Waals surface area contributed by atoms with Gasteiger partial charge in [0.2, 0.25) is 11.8 Å². The van der Waals surface area contributed by atoms with E-state index in [0.29, 0.717) is 22.7 Å². The third kappa shape index (κ3) is 3.11. The lowest BCUT2D eigenvalue weighted by Crippen LogP contribution is -2.05. The zero-order valence-corrected chi connectivity index (χ0v) is 14.7. The van der Waals surface area contributed by atoms with Crippen LogP contribution in [0.2, 0.25) is 0 Å². The van der Waals surface area contributed by atoms with Crippen LogP contribution in [-0.4, -0.2) is 10.9 Å². The number of amides is 1. The number of fused-ring (bicyclic) bond motifs is 1. The number of aromatic nitrogens is 1. The number of halogens is 2. The van der Waals surface area contributed by atoms with Crippen molar-refractivity contribution in [1.29, 1.82) is 0 Å². The molecule has 0 aliphatic heterocycles. The molecule has 3 rings (SSSR count). The quantitative estimate of drug-likeness (QED) is 0.562. The van der Waals surface area contributed by atoms with E-state index in [1.807, 2.05) is 18.2 Å². The predicted molar refractivity (Wildman–Crippen MR) is 94.2 cm³/mol. The van der Waals surface area contributed by atoms with E-state index in [1.165, 1.54) is 6.92 Å². The van der Waals surface area contributed by atoms with E-state index < -0.39 is 0 Å². The van der Waals surface area contributed by atoms with Crippen molar-refractivity contribution in [3.05, 3.63) is 44.4 Å². The summed E-state index contributed by atoms with van der Waals surface area (Å²) in [5.41, 5.74) is 3.00. The second-order valence-electron chi connectivity index (χ2n) is 4.51. The third-order valence-electron chi connectivity index (χ3n) is 2.87. The zero-order chi connectivity index (χ0) is 15.0. The summed E-state index contributed by atoms with van der Waals surface area (Å²) in [6.45, 7) is 1.47. The van der Waals surface area contributed by atoms with Crippen molar-refractivity contribution in [1.82, 2.24) is 4.98 Å². The molecule has 1 amide bonds. The van der Waals surface area contributed by atoms with Gasteiger partial charge in [0.25, 0.3) is 0 Å². The van der Waals surface area contributed by atoms with Gasteiger partial charge >= 0.3 is 0 Å². The minimum atomic E-state index is -0.113. The molecule has 106 valence electrons. The van der Waals surface area contributed by atoms with Gasteiger partial charge in [-0.25, -0.2) is 4.98 Å². The first kappa shape index (κ1) is 14.5. The number of hydrogen-bond donors (Lipinski definition) is 1. The lowest BCUT2D eigenvalue weighted by molar-refractivity contribution is -0.114. The van der Waals surface area contributed by atoms with Crippen molar-refractivity contribution in [3.63, 3.8) is 0 Å². The largest absolute Gasteiger partial charge is 0.436 e. The Morgan fingerprint density at radius 3 is 2.86 bits per heavy atom. The van der Waals surface area contributed by atoms with Gasteiger partial charge in [0.05, 0.1) is 5.56 Å². The van der Waals surface area contributed by atoms with E-state index in [1.54, 1.807) is 18.2 Å². The molecule has 2 aromatic carbocycles. The minimum absolute atomic E-state index is 0.113. The van der Waals surface area contributed by atoms with Gasteiger partial charge in [-0.15, -0.1) is 0 Å². The standard InChI is InChI=1S/C15H10BrIN2O2/c1-8(20)18-10-3-5-14-13(7-10)19-15(21-14)11-6-9(17)2-4-12(11)16/h2-7H,1H3,(H,18,20). The fourth-order valence-corrected chi connectivity index (χ4v) is 2.89. The summed E-state index contributed by atoms with van der Waals surface area (Å²) in [5.74, 6) is 0.439. The maximum absolute atomic E-state index is 11.1. The minimum Gasteiger partial charge on any atom is -0.436 e. The van der Waals surface area contributed by atoms with E-state index in [-0.39, 0.29) is 5.91 Å². The fraction of sp³-hybridized carbons (Fsp3) is 0.0667. The van der Waals surface area contributed by atoms with Crippen LogP contribution < -0.4 is 5.32 Å². The molecule has 3 aromatic rings. The summed E-state index contributed by atoms with van der Waals surface area (Å²) in [7, 11) is 0. The molecule has 1 aromatic heterocycles. The highest BCUT2D eigenvalue weighted by Crippen LogP contribution is 2.32. The van der Waals surface area contributed by atoms with Gasteiger partial charge in [0.1, 0.15) is 5.52 Å². The van der Waals surface area contributed by atoms with Crippen LogP contribution in [0.4, 0.5) is 5.69 Å². The summed E-state index contributed by atoms with van der Waals surface area (Å²) in [5, 5.41) is 2.74. The first-order valence-corrected chi connectivity index (χ1v) is 8.04. The highest BCUT2D eigenvalue weighted by Gasteiger charge is 2.12. The van der Waals surface area contributed by atoms with Crippen LogP contribution in [-0.2, 0) is 4.79 Å². The number of anilines is 1. The van der Waals surface area contributed by atoms with Crippen molar-refractivity contribution >= 4 is 61.2 Å². The van der Waals surface area contributed by atoms with E-state index in [9.17, 15) is 4.79 Å². The Bertz CT molecular complexity index is 845. The van der Waals surface area contributed by atoms with Crippen LogP contribution in [0, 0.1) is 3.57 Å². The molecular weight excluding hydrogens is 447 g/mol. The molecule has 0 aliphatic rings. The normalized spacial score (nSPS) is 10.8. The molecule has 6 heteroatoms. The second kappa shape index (κ2) is 5.76. The van der Waals surface area contributed by atoms with Gasteiger partial charge in [0, 0.05) is 20.7 Å². The SMILES string of the molecule is CC(=O)Nc1ccc2oc(-c3cc(I)ccc3Br)nc2c1. The van der Waals surface area contributed by atoms with Crippen LogP contribution in [0.15, 0.2) is 45.3 Å². The second-order valence-corrected chi connectivity index (χ2v) is 6.61. The van der Waals surface area contributed by atoms with Crippen molar-refractivity contribution in [2.75, 3.05) is 5.32 Å². The molecule has 0 atom stereocenters. The molecule has 0 radical (unpaired) electrons. The van der Waals surface area contributed by atoms with Crippen LogP contribution in [0.3, 0.4) is 0 Å². The van der Waals surface area contributed by atoms with Gasteiger partial charge in [-0.05, 0) is 74.9 Å². The molecule has 0 fully saturated rings. The molecular formula is C15H10BrIN2O2. The summed E-state index contributed by atoms with van der Waals surface area (Å²) in [4.78, 5) is 15.6. The molecule has 0 unspecified atom stereocenters. The fourth-order valence-electron chi connectivity index (χ4n) is 1.99. The average molecular weight is 457 g/mol. The number of carbonyl (C=O) groups excluding carboxylic acids is 1. The number of nitrogens with one attached hydrogen (secondary N) is 1. The molecule has 0 aliphatic carbocycles. The lowest BCUT2D eigenvalue weighted by Gasteiger charge is -1.99. The van der Waals surface area contributed by atoms with Gasteiger partial charge in [-0.2, -0.15) is 0 Å². The molecule has 0 bridgehead atoms. The Morgan fingerprint density at radius 2 is 2.10 bits per heavy atom. The first-order chi connectivity index (χ1) is 10.0. The van der Waals surface area contributed by atoms with Crippen molar-refractivity contribution in [2.45, 2.75) is 6.92 Å². The third-order valence-corrected chi connectivity index (χ3v) is 4.23. The van der Waals surface area contributed by atoms with Crippen LogP contribution in [0.5, 0.6) is 0 Å². The van der Waals surface area contributed by atoms with Crippen molar-refractivity contribution in [2.24, 2.45) is 0 Å². The Kier molecular flexibility index (Phi) is 3.99. The van der Waals surface area contributed by atoms with Gasteiger partial charge in [-0.1, -0.05) is 0 Å². The zero-order valence-electron chi connectivity index (χ0n) is 11.0. The monoisotopic (exact) mass is 456 g/mol. The Hall–Kier alpha value is -1.41. The number of nitrogens with zero attached hydrogens (tertiary/aromatic N) is 1. The number of benzene rings is 2. The summed E-state index contributed by atoms with van der Waals surface area (Å²) in [6.07, 6.45) is 0. The van der Waals surface area contributed by atoms with Crippen LogP contribution in [0.1, 0.15) is 6.92 Å². The maximum Gasteiger partial charge on any atom is 0.228 e.